The molecule has 0 rings (SSSR count). The van der Waals surface area contributed by atoms with E-state index >= 15 is 0 Å². The Hall–Kier alpha value is 4.00. The van der Waals surface area contributed by atoms with Crippen LogP contribution in [0.2, 0.25) is 0 Å². The lowest BCUT2D eigenvalue weighted by Gasteiger charge is -2.55. The Kier molecular flexibility index (Phi) is 6.27. The summed E-state index contributed by atoms with van der Waals surface area (Å²) < 4.78 is -1.80. The summed E-state index contributed by atoms with van der Waals surface area (Å²) in [5.41, 5.74) is 0. The summed E-state index contributed by atoms with van der Waals surface area (Å²) >= 11 is 13.4. The van der Waals surface area contributed by atoms with Gasteiger partial charge in [0, 0.05) is 5.75 Å². The highest BCUT2D eigenvalue weighted by molar-refractivity contribution is 14.7. The molecule has 0 saturated carbocycles. The minimum atomic E-state index is -1.80. The predicted octanol–water partition coefficient (Wildman–Crippen LogP) is 7.05. The Morgan fingerprint density at radius 1 is 0.917 bits per heavy atom. The maximum absolute atomic E-state index is 2.67. The van der Waals surface area contributed by atoms with Crippen LogP contribution in [-0.4, -0.2) is 5.75 Å². The topological polar surface area (TPSA) is 0 Å². The van der Waals surface area contributed by atoms with Gasteiger partial charge in [-0.2, -0.15) is 0 Å². The van der Waals surface area contributed by atoms with Gasteiger partial charge >= 0.3 is 0 Å². The van der Waals surface area contributed by atoms with Crippen molar-refractivity contribution in [2.24, 2.45) is 5.92 Å². The molecule has 0 aliphatic rings. The van der Waals surface area contributed by atoms with Gasteiger partial charge in [0.15, 0.2) is 0 Å². The molecular formula is C6H13I5S. The largest absolute Gasteiger partial charge is 0.0663 e. The third-order valence-corrected chi connectivity index (χ3v) is 8.20. The second kappa shape index (κ2) is 4.70. The van der Waals surface area contributed by atoms with Gasteiger partial charge in [-0.25, -0.2) is 0 Å². The maximum Gasteiger partial charge on any atom is 0.00583 e. The van der Waals surface area contributed by atoms with E-state index in [-0.39, 0.29) is 0 Å². The van der Waals surface area contributed by atoms with Gasteiger partial charge in [-0.1, -0.05) is 20.8 Å². The zero-order valence-corrected chi connectivity index (χ0v) is 18.6. The van der Waals surface area contributed by atoms with Gasteiger partial charge in [-0.3, -0.25) is 0 Å². The fourth-order valence-corrected chi connectivity index (χ4v) is 9.96. The summed E-state index contributed by atoms with van der Waals surface area (Å²) in [6.45, 7) is 4.60. The maximum atomic E-state index is 2.67. The molecule has 0 unspecified atom stereocenters. The highest BCUT2D eigenvalue weighted by atomic mass is 127. The number of rotatable bonds is 4. The lowest BCUT2D eigenvalue weighted by molar-refractivity contribution is 0.554. The molecule has 12 heavy (non-hydrogen) atoms. The van der Waals surface area contributed by atoms with Crippen molar-refractivity contribution >= 4 is 100 Å². The Morgan fingerprint density at radius 3 is 1.33 bits per heavy atom. The van der Waals surface area contributed by atoms with E-state index in [0.717, 1.165) is 5.92 Å². The first-order valence-corrected chi connectivity index (χ1v) is 19.0. The summed E-state index contributed by atoms with van der Waals surface area (Å²) in [6, 6.07) is 0. The standard InChI is InChI=1S/C6H13I5S/c1-3-6(4-2)5-12(7,8,9,10)11/h6H,3-5H2,1-2H3. The van der Waals surface area contributed by atoms with E-state index in [9.17, 15) is 0 Å². The number of halogens is 5. The average Bonchev–Trinajstić information content (AvgIpc) is 1.78. The molecule has 0 spiro atoms. The molecule has 0 radical (unpaired) electrons. The quantitative estimate of drug-likeness (QED) is 0.271. The van der Waals surface area contributed by atoms with Crippen LogP contribution < -0.4 is 0 Å². The van der Waals surface area contributed by atoms with E-state index < -0.39 is -5.85 Å². The molecule has 0 heterocycles. The third-order valence-electron chi connectivity index (χ3n) is 1.71. The third kappa shape index (κ3) is 10.5. The molecule has 0 bridgehead atoms. The second-order valence-corrected chi connectivity index (χ2v) is 91.9. The van der Waals surface area contributed by atoms with Gasteiger partial charge < -0.3 is 0 Å². The second-order valence-electron chi connectivity index (χ2n) is 2.98. The van der Waals surface area contributed by atoms with E-state index in [1.54, 1.807) is 0 Å². The number of hydrogen-bond acceptors (Lipinski definition) is 0. The first-order valence-electron chi connectivity index (χ1n) is 3.70. The Balaban J connectivity index is 4.45. The summed E-state index contributed by atoms with van der Waals surface area (Å²) in [5, 5.41) is 0. The molecule has 0 saturated heterocycles. The highest BCUT2D eigenvalue weighted by Crippen LogP contribution is 3.18. The van der Waals surface area contributed by atoms with Gasteiger partial charge in [-0.05, 0) is 112 Å². The first kappa shape index (κ1) is 16.0. The minimum Gasteiger partial charge on any atom is -0.0663 e. The fourth-order valence-electron chi connectivity index (χ4n) is 0.970. The van der Waals surface area contributed by atoms with E-state index in [1.807, 2.05) is 0 Å². The van der Waals surface area contributed by atoms with Crippen LogP contribution in [0.25, 0.3) is 0 Å². The van der Waals surface area contributed by atoms with Crippen LogP contribution in [0.1, 0.15) is 26.7 Å². The molecule has 0 nitrogen and oxygen atoms in total. The van der Waals surface area contributed by atoms with Crippen LogP contribution in [0.3, 0.4) is 0 Å². The monoisotopic (exact) mass is 752 g/mol. The van der Waals surface area contributed by atoms with E-state index in [2.05, 4.69) is 120 Å². The van der Waals surface area contributed by atoms with Crippen molar-refractivity contribution in [1.82, 2.24) is 0 Å². The Bertz CT molecular complexity index is 152. The van der Waals surface area contributed by atoms with E-state index in [1.165, 1.54) is 18.6 Å². The van der Waals surface area contributed by atoms with Crippen LogP contribution in [-0.2, 0) is 0 Å². The summed E-state index contributed by atoms with van der Waals surface area (Å²) in [7, 11) is 0. The lowest BCUT2D eigenvalue weighted by atomic mass is 10.1. The number of hydrogen-bond donors (Lipinski definition) is 0. The van der Waals surface area contributed by atoms with Crippen molar-refractivity contribution in [2.75, 3.05) is 5.75 Å². The highest BCUT2D eigenvalue weighted by Gasteiger charge is 2.49. The molecule has 6 heteroatoms. The van der Waals surface area contributed by atoms with Gasteiger partial charge in [-0.15, -0.1) is 0 Å². The van der Waals surface area contributed by atoms with Crippen molar-refractivity contribution in [2.45, 2.75) is 26.7 Å². The van der Waals surface area contributed by atoms with Crippen LogP contribution in [0.5, 0.6) is 0 Å². The molecule has 78 valence electrons. The van der Waals surface area contributed by atoms with Crippen LogP contribution >= 0.6 is 100 Å². The fraction of sp³-hybridized carbons (Fsp3) is 1.00. The molecular weight excluding hydrogens is 739 g/mol. The normalized spacial score (nSPS) is 19.0. The van der Waals surface area contributed by atoms with Crippen LogP contribution in [0.15, 0.2) is 0 Å². The molecule has 0 aromatic rings. The van der Waals surface area contributed by atoms with Crippen molar-refractivity contribution < 1.29 is 0 Å². The van der Waals surface area contributed by atoms with Gasteiger partial charge in [0.1, 0.15) is 0 Å². The molecule has 0 aromatic carbocycles. The van der Waals surface area contributed by atoms with Crippen molar-refractivity contribution in [1.29, 1.82) is 0 Å². The zero-order valence-electron chi connectivity index (χ0n) is 7.00. The predicted molar refractivity (Wildman–Crippen MR) is 107 cm³/mol. The lowest BCUT2D eigenvalue weighted by Crippen LogP contribution is -2.11. The van der Waals surface area contributed by atoms with E-state index in [4.69, 9.17) is 0 Å². The van der Waals surface area contributed by atoms with E-state index in [0.29, 0.717) is 0 Å². The summed E-state index contributed by atoms with van der Waals surface area (Å²) in [4.78, 5) is 0. The molecule has 0 aromatic heterocycles. The summed E-state index contributed by atoms with van der Waals surface area (Å²) in [5.74, 6) is 2.25. The molecule has 0 fully saturated rings. The van der Waals surface area contributed by atoms with Crippen molar-refractivity contribution in [3.8, 4) is 0 Å². The molecule has 0 aliphatic carbocycles. The van der Waals surface area contributed by atoms with Crippen molar-refractivity contribution in [3.63, 3.8) is 0 Å². The SMILES string of the molecule is CCC(CC)CS(I)(I)(I)(I)I. The Morgan fingerprint density at radius 2 is 1.25 bits per heavy atom. The van der Waals surface area contributed by atoms with Crippen molar-refractivity contribution in [3.05, 3.63) is 0 Å². The van der Waals surface area contributed by atoms with Gasteiger partial charge in [0.2, 0.25) is 0 Å². The molecule has 0 atom stereocenters. The smallest absolute Gasteiger partial charge is 0.00583 e. The first-order chi connectivity index (χ1) is 4.97. The van der Waals surface area contributed by atoms with Gasteiger partial charge in [0.05, 0.1) is 0 Å². The van der Waals surface area contributed by atoms with Crippen LogP contribution in [0.4, 0.5) is 0 Å². The minimum absolute atomic E-state index is 0.895. The molecule has 0 amide bonds. The summed E-state index contributed by atoms with van der Waals surface area (Å²) in [6.07, 6.45) is 2.63. The van der Waals surface area contributed by atoms with Crippen LogP contribution in [0, 0.1) is 5.92 Å². The molecule has 0 N–H and O–H groups in total. The average molecular weight is 752 g/mol. The molecule has 0 aliphatic heterocycles. The Labute approximate surface area is 135 Å². The van der Waals surface area contributed by atoms with Gasteiger partial charge in [0.25, 0.3) is 0 Å². The zero-order chi connectivity index (χ0) is 10.1.